The van der Waals surface area contributed by atoms with E-state index in [4.69, 9.17) is 0 Å². The summed E-state index contributed by atoms with van der Waals surface area (Å²) in [5, 5.41) is 2.34. The molecular formula is C26H18BrNO. The Morgan fingerprint density at radius 1 is 0.828 bits per heavy atom. The van der Waals surface area contributed by atoms with Crippen LogP contribution in [0.5, 0.6) is 0 Å². The Morgan fingerprint density at radius 3 is 2.45 bits per heavy atom. The van der Waals surface area contributed by atoms with E-state index in [1.54, 1.807) is 6.08 Å². The van der Waals surface area contributed by atoms with E-state index >= 15 is 0 Å². The number of nitrogens with zero attached hydrogens (tertiary/aromatic N) is 1. The molecule has 0 unspecified atom stereocenters. The fraction of sp³-hybridized carbons (Fsp3) is 0. The van der Waals surface area contributed by atoms with E-state index < -0.39 is 0 Å². The highest BCUT2D eigenvalue weighted by molar-refractivity contribution is 9.10. The zero-order valence-corrected chi connectivity index (χ0v) is 17.2. The number of carbonyl (C=O) groups is 1. The first-order valence-electron chi connectivity index (χ1n) is 9.29. The van der Waals surface area contributed by atoms with E-state index in [0.29, 0.717) is 5.56 Å². The van der Waals surface area contributed by atoms with Crippen LogP contribution in [0.3, 0.4) is 0 Å². The van der Waals surface area contributed by atoms with Crippen LogP contribution >= 0.6 is 15.9 Å². The highest BCUT2D eigenvalue weighted by atomic mass is 79.9. The summed E-state index contributed by atoms with van der Waals surface area (Å²) in [6.45, 7) is 0. The monoisotopic (exact) mass is 439 g/mol. The van der Waals surface area contributed by atoms with Crippen molar-refractivity contribution >= 4 is 50.5 Å². The topological polar surface area (TPSA) is 29.4 Å². The van der Waals surface area contributed by atoms with Crippen molar-refractivity contribution in [3.8, 4) is 0 Å². The fourth-order valence-corrected chi connectivity index (χ4v) is 3.35. The molecule has 0 N–H and O–H groups in total. The van der Waals surface area contributed by atoms with Gasteiger partial charge in [0.1, 0.15) is 0 Å². The third-order valence-electron chi connectivity index (χ3n) is 4.60. The number of allylic oxidation sites excluding steroid dienone is 1. The number of aliphatic imine (C=N–C) groups is 1. The maximum absolute atomic E-state index is 12.5. The Kier molecular flexibility index (Phi) is 5.78. The molecule has 0 saturated carbocycles. The molecule has 0 bridgehead atoms. The lowest BCUT2D eigenvalue weighted by Gasteiger charge is -2.02. The van der Waals surface area contributed by atoms with Crippen LogP contribution in [0.25, 0.3) is 16.8 Å². The molecule has 29 heavy (non-hydrogen) atoms. The molecule has 0 radical (unpaired) electrons. The van der Waals surface area contributed by atoms with Crippen molar-refractivity contribution in [2.45, 2.75) is 0 Å². The zero-order chi connectivity index (χ0) is 20.1. The SMILES string of the molecule is O=C(/C=C/c1ccc(Br)cc1)c1cccc(N=Cc2cccc3ccccc23)c1. The first-order valence-corrected chi connectivity index (χ1v) is 10.1. The highest BCUT2D eigenvalue weighted by Gasteiger charge is 2.03. The lowest BCUT2D eigenvalue weighted by Crippen LogP contribution is -1.93. The summed E-state index contributed by atoms with van der Waals surface area (Å²) >= 11 is 3.41. The van der Waals surface area contributed by atoms with Crippen molar-refractivity contribution in [3.05, 3.63) is 118 Å². The van der Waals surface area contributed by atoms with Crippen molar-refractivity contribution in [2.75, 3.05) is 0 Å². The fourth-order valence-electron chi connectivity index (χ4n) is 3.09. The zero-order valence-electron chi connectivity index (χ0n) is 15.6. The van der Waals surface area contributed by atoms with E-state index in [1.165, 1.54) is 5.39 Å². The number of hydrogen-bond donors (Lipinski definition) is 0. The molecule has 4 rings (SSSR count). The molecule has 0 saturated heterocycles. The molecule has 0 aliphatic carbocycles. The summed E-state index contributed by atoms with van der Waals surface area (Å²) in [5.41, 5.74) is 3.40. The van der Waals surface area contributed by atoms with Gasteiger partial charge in [-0.1, -0.05) is 88.7 Å². The lowest BCUT2D eigenvalue weighted by molar-refractivity contribution is 0.104. The van der Waals surface area contributed by atoms with E-state index in [9.17, 15) is 4.79 Å². The molecule has 140 valence electrons. The van der Waals surface area contributed by atoms with Crippen LogP contribution in [0, 0.1) is 0 Å². The van der Waals surface area contributed by atoms with Crippen molar-refractivity contribution in [2.24, 2.45) is 4.99 Å². The summed E-state index contributed by atoms with van der Waals surface area (Å²) < 4.78 is 1.01. The first-order chi connectivity index (χ1) is 14.2. The van der Waals surface area contributed by atoms with Gasteiger partial charge in [-0.3, -0.25) is 9.79 Å². The van der Waals surface area contributed by atoms with E-state index in [2.05, 4.69) is 39.1 Å². The molecule has 0 heterocycles. The first kappa shape index (κ1) is 19.0. The minimum absolute atomic E-state index is 0.0462. The normalized spacial score (nSPS) is 11.5. The molecule has 4 aromatic carbocycles. The molecule has 2 nitrogen and oxygen atoms in total. The number of hydrogen-bond acceptors (Lipinski definition) is 2. The number of halogens is 1. The molecule has 0 aliphatic heterocycles. The number of rotatable bonds is 5. The predicted octanol–water partition coefficient (Wildman–Crippen LogP) is 7.25. The van der Waals surface area contributed by atoms with Gasteiger partial charge in [-0.15, -0.1) is 0 Å². The van der Waals surface area contributed by atoms with Gasteiger partial charge in [0.15, 0.2) is 5.78 Å². The molecule has 4 aromatic rings. The number of benzene rings is 4. The van der Waals surface area contributed by atoms with Crippen LogP contribution in [-0.2, 0) is 0 Å². The smallest absolute Gasteiger partial charge is 0.185 e. The Labute approximate surface area is 178 Å². The van der Waals surface area contributed by atoms with E-state index in [0.717, 1.165) is 26.7 Å². The average Bonchev–Trinajstić information content (AvgIpc) is 2.77. The van der Waals surface area contributed by atoms with Gasteiger partial charge in [0.2, 0.25) is 0 Å². The Morgan fingerprint density at radius 2 is 1.59 bits per heavy atom. The van der Waals surface area contributed by atoms with Crippen molar-refractivity contribution in [3.63, 3.8) is 0 Å². The average molecular weight is 440 g/mol. The van der Waals surface area contributed by atoms with Crippen LogP contribution in [-0.4, -0.2) is 12.0 Å². The maximum Gasteiger partial charge on any atom is 0.185 e. The number of carbonyl (C=O) groups excluding carboxylic acids is 1. The Bertz CT molecular complexity index is 1220. The van der Waals surface area contributed by atoms with E-state index in [-0.39, 0.29) is 5.78 Å². The molecular weight excluding hydrogens is 422 g/mol. The van der Waals surface area contributed by atoms with E-state index in [1.807, 2.05) is 85.1 Å². The van der Waals surface area contributed by atoms with Crippen molar-refractivity contribution in [1.29, 1.82) is 0 Å². The summed E-state index contributed by atoms with van der Waals surface area (Å²) in [6, 6.07) is 29.6. The molecule has 0 atom stereocenters. The highest BCUT2D eigenvalue weighted by Crippen LogP contribution is 2.20. The molecule has 0 spiro atoms. The molecule has 3 heteroatoms. The maximum atomic E-state index is 12.5. The molecule has 0 aliphatic rings. The third kappa shape index (κ3) is 4.76. The van der Waals surface area contributed by atoms with Crippen LogP contribution < -0.4 is 0 Å². The molecule has 0 amide bonds. The van der Waals surface area contributed by atoms with Crippen LogP contribution in [0.2, 0.25) is 0 Å². The Hall–Kier alpha value is -3.30. The number of fused-ring (bicyclic) bond motifs is 1. The third-order valence-corrected chi connectivity index (χ3v) is 5.13. The molecule has 0 fully saturated rings. The largest absolute Gasteiger partial charge is 0.289 e. The predicted molar refractivity (Wildman–Crippen MR) is 125 cm³/mol. The van der Waals surface area contributed by atoms with Gasteiger partial charge >= 0.3 is 0 Å². The van der Waals surface area contributed by atoms with Crippen LogP contribution in [0.4, 0.5) is 5.69 Å². The summed E-state index contributed by atoms with van der Waals surface area (Å²) in [5.74, 6) is -0.0462. The van der Waals surface area contributed by atoms with Gasteiger partial charge in [-0.25, -0.2) is 0 Å². The minimum Gasteiger partial charge on any atom is -0.289 e. The quantitative estimate of drug-likeness (QED) is 0.183. The standard InChI is InChI=1S/C26H18BrNO/c27-23-14-11-19(12-15-23)13-16-26(29)21-7-4-9-24(17-21)28-18-22-8-3-6-20-5-1-2-10-25(20)22/h1-18H/b16-13+,28-18?. The van der Waals surface area contributed by atoms with Gasteiger partial charge in [0.25, 0.3) is 0 Å². The van der Waals surface area contributed by atoms with Gasteiger partial charge in [-0.05, 0) is 46.7 Å². The second-order valence-corrected chi connectivity index (χ2v) is 7.54. The van der Waals surface area contributed by atoms with Gasteiger partial charge in [0.05, 0.1) is 5.69 Å². The van der Waals surface area contributed by atoms with Gasteiger partial charge in [0, 0.05) is 21.8 Å². The van der Waals surface area contributed by atoms with Crippen LogP contribution in [0.15, 0.2) is 107 Å². The van der Waals surface area contributed by atoms with Gasteiger partial charge in [-0.2, -0.15) is 0 Å². The summed E-state index contributed by atoms with van der Waals surface area (Å²) in [7, 11) is 0. The summed E-state index contributed by atoms with van der Waals surface area (Å²) in [6.07, 6.45) is 5.27. The van der Waals surface area contributed by atoms with Gasteiger partial charge < -0.3 is 0 Å². The number of ketones is 1. The summed E-state index contributed by atoms with van der Waals surface area (Å²) in [4.78, 5) is 17.1. The molecule has 0 aromatic heterocycles. The lowest BCUT2D eigenvalue weighted by atomic mass is 10.1. The Balaban J connectivity index is 1.54. The minimum atomic E-state index is -0.0462. The second kappa shape index (κ2) is 8.80. The second-order valence-electron chi connectivity index (χ2n) is 6.63. The van der Waals surface area contributed by atoms with Crippen LogP contribution in [0.1, 0.15) is 21.5 Å². The van der Waals surface area contributed by atoms with Crippen molar-refractivity contribution < 1.29 is 4.79 Å². The van der Waals surface area contributed by atoms with Crippen molar-refractivity contribution in [1.82, 2.24) is 0 Å².